The molecule has 4 rings (SSSR count). The van der Waals surface area contributed by atoms with Crippen LogP contribution < -0.4 is 9.64 Å². The van der Waals surface area contributed by atoms with E-state index in [1.165, 1.54) is 11.0 Å². The Hall–Kier alpha value is -2.60. The molecule has 0 unspecified atom stereocenters. The topological polar surface area (TPSA) is 55.8 Å². The van der Waals surface area contributed by atoms with Crippen LogP contribution in [0.4, 0.5) is 5.69 Å². The van der Waals surface area contributed by atoms with Crippen LogP contribution in [0.15, 0.2) is 53.0 Å². The minimum Gasteiger partial charge on any atom is -0.497 e. The lowest BCUT2D eigenvalue weighted by Crippen LogP contribution is -2.44. The Morgan fingerprint density at radius 1 is 1.15 bits per heavy atom. The van der Waals surface area contributed by atoms with E-state index in [1.807, 2.05) is 30.3 Å². The van der Waals surface area contributed by atoms with Crippen LogP contribution >= 0.6 is 15.9 Å². The number of rotatable bonds is 2. The number of anilines is 1. The van der Waals surface area contributed by atoms with Crippen LogP contribution in [-0.4, -0.2) is 26.0 Å². The van der Waals surface area contributed by atoms with Crippen LogP contribution in [0.1, 0.15) is 17.5 Å². The number of likely N-dealkylation sites (N-methyl/N-ethyl adjacent to an activating group) is 1. The minimum atomic E-state index is -1.35. The quantitative estimate of drug-likeness (QED) is 0.704. The molecule has 1 atom stereocenters. The van der Waals surface area contributed by atoms with Gasteiger partial charge in [0.25, 0.3) is 5.91 Å². The zero-order valence-corrected chi connectivity index (χ0v) is 15.9. The summed E-state index contributed by atoms with van der Waals surface area (Å²) < 4.78 is 11.9. The smallest absolute Gasteiger partial charge is 0.332 e. The fourth-order valence-electron chi connectivity index (χ4n) is 3.57. The Balaban J connectivity index is 1.84. The summed E-state index contributed by atoms with van der Waals surface area (Å²) in [7, 11) is 3.25. The van der Waals surface area contributed by atoms with Crippen molar-refractivity contribution in [1.82, 2.24) is 0 Å². The summed E-state index contributed by atoms with van der Waals surface area (Å²) >= 11 is 3.41. The Morgan fingerprint density at radius 3 is 2.58 bits per heavy atom. The molecule has 2 heterocycles. The maximum Gasteiger partial charge on any atom is 0.332 e. The molecule has 0 saturated heterocycles. The van der Waals surface area contributed by atoms with Gasteiger partial charge in [0, 0.05) is 29.6 Å². The highest BCUT2D eigenvalue weighted by Crippen LogP contribution is 2.50. The number of hydrogen-bond donors (Lipinski definition) is 0. The molecule has 6 heteroatoms. The molecular formula is C20H16BrNO4. The van der Waals surface area contributed by atoms with Crippen molar-refractivity contribution in [2.45, 2.75) is 12.0 Å². The van der Waals surface area contributed by atoms with Gasteiger partial charge in [-0.05, 0) is 41.5 Å². The van der Waals surface area contributed by atoms with Gasteiger partial charge in [-0.25, -0.2) is 4.79 Å². The molecule has 0 fully saturated rings. The lowest BCUT2D eigenvalue weighted by Gasteiger charge is -2.32. The number of ether oxygens (including phenoxy) is 2. The third kappa shape index (κ3) is 2.44. The van der Waals surface area contributed by atoms with E-state index in [9.17, 15) is 9.59 Å². The van der Waals surface area contributed by atoms with Crippen molar-refractivity contribution < 1.29 is 19.1 Å². The van der Waals surface area contributed by atoms with E-state index >= 15 is 0 Å². The van der Waals surface area contributed by atoms with Crippen molar-refractivity contribution in [3.05, 3.63) is 64.1 Å². The molecule has 0 aliphatic carbocycles. The molecule has 5 nitrogen and oxygen atoms in total. The number of hydrogen-bond acceptors (Lipinski definition) is 4. The normalized spacial score (nSPS) is 21.5. The number of amides is 1. The second kappa shape index (κ2) is 5.99. The third-order valence-electron chi connectivity index (χ3n) is 4.87. The average Bonchev–Trinajstić information content (AvgIpc) is 2.83. The summed E-state index contributed by atoms with van der Waals surface area (Å²) in [5.41, 5.74) is 1.68. The highest BCUT2D eigenvalue weighted by atomic mass is 79.9. The van der Waals surface area contributed by atoms with Crippen LogP contribution in [-0.2, 0) is 19.9 Å². The maximum absolute atomic E-state index is 13.1. The number of carbonyl (C=O) groups is 2. The van der Waals surface area contributed by atoms with Crippen LogP contribution in [0.2, 0.25) is 0 Å². The first-order valence-corrected chi connectivity index (χ1v) is 8.90. The Labute approximate surface area is 159 Å². The fraction of sp³-hybridized carbons (Fsp3) is 0.200. The molecule has 2 aromatic rings. The van der Waals surface area contributed by atoms with Gasteiger partial charge in [0.1, 0.15) is 5.75 Å². The summed E-state index contributed by atoms with van der Waals surface area (Å²) in [6.07, 6.45) is 1.74. The summed E-state index contributed by atoms with van der Waals surface area (Å²) in [4.78, 5) is 27.0. The van der Waals surface area contributed by atoms with Gasteiger partial charge >= 0.3 is 5.97 Å². The van der Waals surface area contributed by atoms with Gasteiger partial charge in [-0.2, -0.15) is 0 Å². The molecule has 1 spiro atoms. The van der Waals surface area contributed by atoms with Crippen LogP contribution in [0.5, 0.6) is 5.75 Å². The van der Waals surface area contributed by atoms with Crippen LogP contribution in [0.25, 0.3) is 5.57 Å². The summed E-state index contributed by atoms with van der Waals surface area (Å²) in [5, 5.41) is 0. The van der Waals surface area contributed by atoms with Crippen molar-refractivity contribution in [1.29, 1.82) is 0 Å². The first-order chi connectivity index (χ1) is 12.4. The first-order valence-electron chi connectivity index (χ1n) is 8.11. The van der Waals surface area contributed by atoms with Crippen molar-refractivity contribution in [3.63, 3.8) is 0 Å². The zero-order chi connectivity index (χ0) is 18.5. The fourth-order valence-corrected chi connectivity index (χ4v) is 3.84. The highest BCUT2D eigenvalue weighted by Gasteiger charge is 2.55. The number of nitrogens with zero attached hydrogens (tertiary/aromatic N) is 1. The predicted octanol–water partition coefficient (Wildman–Crippen LogP) is 3.66. The molecule has 0 saturated carbocycles. The lowest BCUT2D eigenvalue weighted by atomic mass is 9.83. The highest BCUT2D eigenvalue weighted by molar-refractivity contribution is 9.10. The molecule has 0 bridgehead atoms. The maximum atomic E-state index is 13.1. The van der Waals surface area contributed by atoms with Gasteiger partial charge in [0.15, 0.2) is 0 Å². The van der Waals surface area contributed by atoms with E-state index in [2.05, 4.69) is 15.9 Å². The van der Waals surface area contributed by atoms with Gasteiger partial charge in [-0.1, -0.05) is 28.1 Å². The van der Waals surface area contributed by atoms with Crippen LogP contribution in [0.3, 0.4) is 0 Å². The molecule has 1 amide bonds. The summed E-state index contributed by atoms with van der Waals surface area (Å²) in [6, 6.07) is 13.0. The number of carbonyl (C=O) groups excluding carboxylic acids is 2. The van der Waals surface area contributed by atoms with E-state index in [-0.39, 0.29) is 12.3 Å². The van der Waals surface area contributed by atoms with Crippen LogP contribution in [0, 0.1) is 0 Å². The molecular weight excluding hydrogens is 398 g/mol. The average molecular weight is 414 g/mol. The van der Waals surface area contributed by atoms with Crippen molar-refractivity contribution >= 4 is 39.1 Å². The molecule has 132 valence electrons. The van der Waals surface area contributed by atoms with E-state index < -0.39 is 11.6 Å². The number of halogens is 1. The largest absolute Gasteiger partial charge is 0.497 e. The van der Waals surface area contributed by atoms with Crippen molar-refractivity contribution in [2.75, 3.05) is 19.1 Å². The number of esters is 1. The Morgan fingerprint density at radius 2 is 1.88 bits per heavy atom. The lowest BCUT2D eigenvalue weighted by molar-refractivity contribution is -0.163. The molecule has 0 N–H and O–H groups in total. The first kappa shape index (κ1) is 16.8. The van der Waals surface area contributed by atoms with E-state index in [1.54, 1.807) is 26.3 Å². The van der Waals surface area contributed by atoms with Gasteiger partial charge < -0.3 is 14.4 Å². The van der Waals surface area contributed by atoms with Gasteiger partial charge in [0.2, 0.25) is 5.60 Å². The number of benzene rings is 2. The molecule has 0 aromatic heterocycles. The SMILES string of the molecule is COc1ccc2c(c1)[C@@]1(CC(c3ccc(Br)cc3)=CC(=O)O1)C(=O)N2C. The zero-order valence-electron chi connectivity index (χ0n) is 14.3. The summed E-state index contributed by atoms with van der Waals surface area (Å²) in [6.45, 7) is 0. The third-order valence-corrected chi connectivity index (χ3v) is 5.40. The van der Waals surface area contributed by atoms with Gasteiger partial charge in [-0.15, -0.1) is 0 Å². The van der Waals surface area contributed by atoms with E-state index in [0.29, 0.717) is 11.3 Å². The van der Waals surface area contributed by atoms with Gasteiger partial charge in [0.05, 0.1) is 12.8 Å². The monoisotopic (exact) mass is 413 g/mol. The predicted molar refractivity (Wildman–Crippen MR) is 101 cm³/mol. The number of methoxy groups -OCH3 is 1. The molecule has 2 aliphatic rings. The van der Waals surface area contributed by atoms with E-state index in [0.717, 1.165) is 21.3 Å². The standard InChI is InChI=1S/C20H16BrNO4/c1-22-17-8-7-15(25-2)10-16(17)20(19(22)24)11-13(9-18(23)26-20)12-3-5-14(21)6-4-12/h3-10H,11H2,1-2H3/t20-/m0/s1. The van der Waals surface area contributed by atoms with E-state index in [4.69, 9.17) is 9.47 Å². The van der Waals surface area contributed by atoms with Gasteiger partial charge in [-0.3, -0.25) is 4.79 Å². The molecule has 2 aliphatic heterocycles. The molecule has 26 heavy (non-hydrogen) atoms. The second-order valence-corrected chi connectivity index (χ2v) is 7.26. The minimum absolute atomic E-state index is 0.253. The summed E-state index contributed by atoms with van der Waals surface area (Å²) in [5.74, 6) is -0.162. The molecule has 2 aromatic carbocycles. The number of fused-ring (bicyclic) bond motifs is 2. The second-order valence-electron chi connectivity index (χ2n) is 6.35. The van der Waals surface area contributed by atoms with Crippen molar-refractivity contribution in [2.24, 2.45) is 0 Å². The Kier molecular flexibility index (Phi) is 3.88. The van der Waals surface area contributed by atoms with Crippen molar-refractivity contribution in [3.8, 4) is 5.75 Å². The Bertz CT molecular complexity index is 951. The molecule has 0 radical (unpaired) electrons.